The van der Waals surface area contributed by atoms with Crippen LogP contribution in [0.15, 0.2) is 61.2 Å². The van der Waals surface area contributed by atoms with E-state index in [1.807, 2.05) is 53.2 Å². The van der Waals surface area contributed by atoms with Crippen molar-refractivity contribution in [1.29, 1.82) is 0 Å². The fraction of sp³-hybridized carbons (Fsp3) is 0.174. The van der Waals surface area contributed by atoms with Crippen molar-refractivity contribution >= 4 is 65.6 Å². The van der Waals surface area contributed by atoms with E-state index in [1.165, 1.54) is 22.7 Å². The Morgan fingerprint density at radius 2 is 2.00 bits per heavy atom. The molecular formula is C23H19ClN4O2S2. The fourth-order valence-corrected chi connectivity index (χ4v) is 6.05. The molecule has 0 bridgehead atoms. The average molecular weight is 483 g/mol. The largest absolute Gasteiger partial charge is 0.494 e. The maximum absolute atomic E-state index is 13.7. The van der Waals surface area contributed by atoms with Gasteiger partial charge in [-0.2, -0.15) is 0 Å². The van der Waals surface area contributed by atoms with Gasteiger partial charge in [0.25, 0.3) is 5.91 Å². The molecule has 0 aliphatic heterocycles. The zero-order chi connectivity index (χ0) is 22.1. The number of carbonyl (C=O) groups excluding carboxylic acids is 1. The quantitative estimate of drug-likeness (QED) is 0.281. The number of hydrogen-bond acceptors (Lipinski definition) is 6. The Morgan fingerprint density at radius 3 is 2.78 bits per heavy atom. The summed E-state index contributed by atoms with van der Waals surface area (Å²) in [6.07, 6.45) is 6.19. The smallest absolute Gasteiger partial charge is 0.271 e. The number of thiophene rings is 1. The number of halogens is 1. The van der Waals surface area contributed by atoms with Crippen LogP contribution in [0.2, 0.25) is 5.02 Å². The molecule has 0 radical (unpaired) electrons. The number of nitrogens with zero attached hydrogens (tertiary/aromatic N) is 4. The molecule has 3 aromatic heterocycles. The van der Waals surface area contributed by atoms with Gasteiger partial charge in [-0.1, -0.05) is 47.2 Å². The summed E-state index contributed by atoms with van der Waals surface area (Å²) >= 11 is 9.53. The van der Waals surface area contributed by atoms with Crippen LogP contribution >= 0.6 is 34.3 Å². The van der Waals surface area contributed by atoms with Crippen LogP contribution in [0.4, 0.5) is 5.13 Å². The van der Waals surface area contributed by atoms with Gasteiger partial charge < -0.3 is 9.30 Å². The minimum Gasteiger partial charge on any atom is -0.494 e. The lowest BCUT2D eigenvalue weighted by Gasteiger charge is -2.19. The van der Waals surface area contributed by atoms with E-state index >= 15 is 0 Å². The highest BCUT2D eigenvalue weighted by Crippen LogP contribution is 2.39. The fourth-order valence-electron chi connectivity index (χ4n) is 3.58. The number of fused-ring (bicyclic) bond motifs is 2. The van der Waals surface area contributed by atoms with Gasteiger partial charge >= 0.3 is 0 Å². The third-order valence-corrected chi connectivity index (χ3v) is 7.86. The molecule has 3 heterocycles. The molecule has 1 amide bonds. The number of aryl methyl sites for hydroxylation is 1. The minimum absolute atomic E-state index is 0.139. The molecule has 2 aromatic carbocycles. The summed E-state index contributed by atoms with van der Waals surface area (Å²) in [6.45, 7) is 1.25. The van der Waals surface area contributed by atoms with Crippen LogP contribution in [0.5, 0.6) is 5.75 Å². The third kappa shape index (κ3) is 3.85. The van der Waals surface area contributed by atoms with Crippen molar-refractivity contribution in [2.75, 3.05) is 18.6 Å². The first-order valence-electron chi connectivity index (χ1n) is 10.0. The first-order valence-corrected chi connectivity index (χ1v) is 12.0. The van der Waals surface area contributed by atoms with Crippen LogP contribution < -0.4 is 9.64 Å². The summed E-state index contributed by atoms with van der Waals surface area (Å²) in [6, 6.07) is 13.6. The molecule has 0 aliphatic carbocycles. The minimum atomic E-state index is -0.139. The van der Waals surface area contributed by atoms with E-state index in [2.05, 4.69) is 4.98 Å². The van der Waals surface area contributed by atoms with E-state index in [-0.39, 0.29) is 5.91 Å². The molecule has 5 rings (SSSR count). The zero-order valence-electron chi connectivity index (χ0n) is 17.2. The monoisotopic (exact) mass is 482 g/mol. The molecule has 0 unspecified atom stereocenters. The summed E-state index contributed by atoms with van der Waals surface area (Å²) in [5, 5.41) is 2.02. The summed E-state index contributed by atoms with van der Waals surface area (Å²) in [5.74, 6) is 0.551. The van der Waals surface area contributed by atoms with Crippen LogP contribution in [0.25, 0.3) is 20.3 Å². The highest BCUT2D eigenvalue weighted by atomic mass is 35.5. The molecule has 162 valence electrons. The highest BCUT2D eigenvalue weighted by molar-refractivity contribution is 7.23. The number of para-hydroxylation sites is 1. The lowest BCUT2D eigenvalue weighted by Crippen LogP contribution is -2.32. The van der Waals surface area contributed by atoms with Crippen LogP contribution in [0, 0.1) is 0 Å². The van der Waals surface area contributed by atoms with E-state index in [0.717, 1.165) is 33.3 Å². The summed E-state index contributed by atoms with van der Waals surface area (Å²) in [5.41, 5.74) is 0.754. The lowest BCUT2D eigenvalue weighted by molar-refractivity contribution is 0.0990. The lowest BCUT2D eigenvalue weighted by atomic mass is 10.2. The van der Waals surface area contributed by atoms with Crippen molar-refractivity contribution < 1.29 is 9.53 Å². The standard InChI is InChI=1S/C23H19ClN4O2S2/c1-30-16-7-4-9-18-20(16)26-23(32-18)28(12-5-11-27-13-10-25-14-27)22(29)21-19(24)15-6-2-3-8-17(15)31-21/h2-4,6-10,13-14H,5,11-12H2,1H3. The molecular weight excluding hydrogens is 464 g/mol. The molecule has 6 nitrogen and oxygen atoms in total. The highest BCUT2D eigenvalue weighted by Gasteiger charge is 2.26. The van der Waals surface area contributed by atoms with Crippen LogP contribution in [0.3, 0.4) is 0 Å². The topological polar surface area (TPSA) is 60.2 Å². The van der Waals surface area contributed by atoms with Gasteiger partial charge in [-0.15, -0.1) is 11.3 Å². The Hall–Kier alpha value is -2.94. The van der Waals surface area contributed by atoms with Crippen molar-refractivity contribution in [1.82, 2.24) is 14.5 Å². The molecule has 32 heavy (non-hydrogen) atoms. The van der Waals surface area contributed by atoms with Crippen LogP contribution in [-0.2, 0) is 6.54 Å². The van der Waals surface area contributed by atoms with E-state index in [4.69, 9.17) is 21.3 Å². The van der Waals surface area contributed by atoms with E-state index < -0.39 is 0 Å². The predicted octanol–water partition coefficient (Wildman–Crippen LogP) is 6.11. The molecule has 5 aromatic rings. The second-order valence-electron chi connectivity index (χ2n) is 7.16. The maximum atomic E-state index is 13.7. The summed E-state index contributed by atoms with van der Waals surface area (Å²) < 4.78 is 9.42. The van der Waals surface area contributed by atoms with E-state index in [9.17, 15) is 4.79 Å². The number of amides is 1. The summed E-state index contributed by atoms with van der Waals surface area (Å²) in [7, 11) is 1.62. The van der Waals surface area contributed by atoms with Gasteiger partial charge in [0.2, 0.25) is 0 Å². The molecule has 0 N–H and O–H groups in total. The maximum Gasteiger partial charge on any atom is 0.271 e. The first kappa shape index (κ1) is 20.9. The van der Waals surface area contributed by atoms with Crippen LogP contribution in [0.1, 0.15) is 16.1 Å². The van der Waals surface area contributed by atoms with Gasteiger partial charge in [-0.25, -0.2) is 9.97 Å². The number of methoxy groups -OCH3 is 1. The second kappa shape index (κ2) is 8.90. The molecule has 0 fully saturated rings. The van der Waals surface area contributed by atoms with Gasteiger partial charge in [0.15, 0.2) is 5.13 Å². The number of rotatable bonds is 7. The van der Waals surface area contributed by atoms with Crippen LogP contribution in [-0.4, -0.2) is 34.1 Å². The Kier molecular flexibility index (Phi) is 5.82. The number of anilines is 1. The Bertz CT molecular complexity index is 1390. The molecule has 9 heteroatoms. The number of imidazole rings is 1. The Balaban J connectivity index is 1.52. The summed E-state index contributed by atoms with van der Waals surface area (Å²) in [4.78, 5) is 24.8. The molecule has 0 aliphatic rings. The van der Waals surface area contributed by atoms with Gasteiger partial charge in [0, 0.05) is 35.6 Å². The molecule has 0 spiro atoms. The number of carbonyl (C=O) groups is 1. The molecule has 0 saturated heterocycles. The van der Waals surface area contributed by atoms with Gasteiger partial charge in [-0.3, -0.25) is 9.69 Å². The number of benzene rings is 2. The Morgan fingerprint density at radius 1 is 1.16 bits per heavy atom. The number of hydrogen-bond donors (Lipinski definition) is 0. The normalized spacial score (nSPS) is 11.3. The average Bonchev–Trinajstić information content (AvgIpc) is 3.55. The number of thiazole rings is 1. The molecule has 0 atom stereocenters. The predicted molar refractivity (Wildman–Crippen MR) is 132 cm³/mol. The van der Waals surface area contributed by atoms with Crippen molar-refractivity contribution in [2.24, 2.45) is 0 Å². The molecule has 0 saturated carbocycles. The van der Waals surface area contributed by atoms with Gasteiger partial charge in [0.1, 0.15) is 16.1 Å². The third-order valence-electron chi connectivity index (χ3n) is 5.15. The Labute approximate surface area is 197 Å². The second-order valence-corrected chi connectivity index (χ2v) is 9.59. The van der Waals surface area contributed by atoms with Crippen molar-refractivity contribution in [2.45, 2.75) is 13.0 Å². The van der Waals surface area contributed by atoms with Crippen molar-refractivity contribution in [3.05, 3.63) is 71.1 Å². The number of aromatic nitrogens is 3. The van der Waals surface area contributed by atoms with Gasteiger partial charge in [0.05, 0.1) is 23.2 Å². The van der Waals surface area contributed by atoms with Gasteiger partial charge in [-0.05, 0) is 24.6 Å². The van der Waals surface area contributed by atoms with Crippen molar-refractivity contribution in [3.63, 3.8) is 0 Å². The van der Waals surface area contributed by atoms with E-state index in [0.29, 0.717) is 27.3 Å². The number of ether oxygens (including phenoxy) is 1. The first-order chi connectivity index (χ1) is 15.7. The SMILES string of the molecule is COc1cccc2sc(N(CCCn3ccnc3)C(=O)c3sc4ccccc4c3Cl)nc12. The zero-order valence-corrected chi connectivity index (χ0v) is 19.6. The van der Waals surface area contributed by atoms with Crippen molar-refractivity contribution in [3.8, 4) is 5.75 Å². The van der Waals surface area contributed by atoms with E-state index in [1.54, 1.807) is 24.5 Å².